The summed E-state index contributed by atoms with van der Waals surface area (Å²) < 4.78 is 0. The molecule has 0 bridgehead atoms. The summed E-state index contributed by atoms with van der Waals surface area (Å²) in [6.07, 6.45) is 8.46. The van der Waals surface area contributed by atoms with Crippen LogP contribution < -0.4 is 0 Å². The molecule has 0 aromatic carbocycles. The Bertz CT molecular complexity index is 460. The quantitative estimate of drug-likeness (QED) is 0.755. The highest BCUT2D eigenvalue weighted by Crippen LogP contribution is 2.62. The van der Waals surface area contributed by atoms with E-state index in [0.29, 0.717) is 5.92 Å². The molecule has 126 valence electrons. The van der Waals surface area contributed by atoms with Gasteiger partial charge in [-0.25, -0.2) is 0 Å². The molecular weight excluding hydrogens is 272 g/mol. The van der Waals surface area contributed by atoms with E-state index in [9.17, 15) is 10.2 Å². The number of rotatable bonds is 3. The van der Waals surface area contributed by atoms with Gasteiger partial charge in [0, 0.05) is 0 Å². The standard InChI is InChI=1S/C20H34O2/c1-7-14(2)8-9-16-19(5)12-11-17(21)18(3,4)15(19)10-13-20(16,6)22/h7-8,15-17,21-22H,1,9-13H2,2-6H3/b14-8+/t15-,16+,17+,19-,20+/m1/s1. The Morgan fingerprint density at radius 2 is 1.82 bits per heavy atom. The molecule has 2 N–H and O–H groups in total. The minimum absolute atomic E-state index is 0.0705. The number of hydrogen-bond acceptors (Lipinski definition) is 2. The second-order valence-corrected chi connectivity index (χ2v) is 8.77. The average molecular weight is 306 g/mol. The van der Waals surface area contributed by atoms with Crippen molar-refractivity contribution in [2.45, 2.75) is 78.4 Å². The van der Waals surface area contributed by atoms with E-state index in [2.05, 4.69) is 40.3 Å². The lowest BCUT2D eigenvalue weighted by atomic mass is 9.44. The van der Waals surface area contributed by atoms with Gasteiger partial charge in [0.15, 0.2) is 0 Å². The zero-order valence-electron chi connectivity index (χ0n) is 15.0. The van der Waals surface area contributed by atoms with Gasteiger partial charge < -0.3 is 10.2 Å². The maximum absolute atomic E-state index is 11.0. The van der Waals surface area contributed by atoms with Gasteiger partial charge in [-0.05, 0) is 68.6 Å². The van der Waals surface area contributed by atoms with Crippen LogP contribution in [0, 0.1) is 22.7 Å². The summed E-state index contributed by atoms with van der Waals surface area (Å²) >= 11 is 0. The summed E-state index contributed by atoms with van der Waals surface area (Å²) in [5.74, 6) is 0.701. The number of fused-ring (bicyclic) bond motifs is 1. The SMILES string of the molecule is C=C/C(C)=C/C[C@H]1[C@]2(C)CC[C@H](O)C(C)(C)[C@H]2CC[C@]1(C)O. The van der Waals surface area contributed by atoms with E-state index in [1.807, 2.05) is 13.0 Å². The second-order valence-electron chi connectivity index (χ2n) is 8.77. The van der Waals surface area contributed by atoms with Gasteiger partial charge in [0.2, 0.25) is 0 Å². The molecule has 2 aliphatic carbocycles. The molecule has 0 heterocycles. The van der Waals surface area contributed by atoms with Gasteiger partial charge in [-0.1, -0.05) is 45.1 Å². The van der Waals surface area contributed by atoms with E-state index >= 15 is 0 Å². The molecule has 5 atom stereocenters. The molecule has 0 unspecified atom stereocenters. The minimum Gasteiger partial charge on any atom is -0.393 e. The Morgan fingerprint density at radius 3 is 2.41 bits per heavy atom. The fourth-order valence-electron chi connectivity index (χ4n) is 5.43. The smallest absolute Gasteiger partial charge is 0.0656 e. The third-order valence-electron chi connectivity index (χ3n) is 6.99. The third-order valence-corrected chi connectivity index (χ3v) is 6.99. The lowest BCUT2D eigenvalue weighted by Gasteiger charge is -2.62. The molecule has 0 saturated heterocycles. The maximum Gasteiger partial charge on any atom is 0.0656 e. The van der Waals surface area contributed by atoms with Crippen LogP contribution >= 0.6 is 0 Å². The van der Waals surface area contributed by atoms with Crippen LogP contribution in [0.2, 0.25) is 0 Å². The Morgan fingerprint density at radius 1 is 1.18 bits per heavy atom. The highest BCUT2D eigenvalue weighted by atomic mass is 16.3. The predicted octanol–water partition coefficient (Wildman–Crippen LogP) is 4.47. The van der Waals surface area contributed by atoms with Crippen LogP contribution in [0.25, 0.3) is 0 Å². The van der Waals surface area contributed by atoms with Crippen LogP contribution in [0.4, 0.5) is 0 Å². The Kier molecular flexibility index (Phi) is 4.68. The summed E-state index contributed by atoms with van der Waals surface area (Å²) in [6, 6.07) is 0. The molecule has 0 radical (unpaired) electrons. The molecule has 2 rings (SSSR count). The van der Waals surface area contributed by atoms with Crippen LogP contribution in [0.3, 0.4) is 0 Å². The maximum atomic E-state index is 11.0. The Hall–Kier alpha value is -0.600. The van der Waals surface area contributed by atoms with E-state index in [4.69, 9.17) is 0 Å². The van der Waals surface area contributed by atoms with Crippen molar-refractivity contribution >= 4 is 0 Å². The van der Waals surface area contributed by atoms with Gasteiger partial charge in [0.25, 0.3) is 0 Å². The van der Waals surface area contributed by atoms with Gasteiger partial charge in [0.05, 0.1) is 11.7 Å². The Labute approximate surface area is 136 Å². The molecule has 0 spiro atoms. The van der Waals surface area contributed by atoms with Crippen molar-refractivity contribution < 1.29 is 10.2 Å². The molecular formula is C20H34O2. The first kappa shape index (κ1) is 17.7. The predicted molar refractivity (Wildman–Crippen MR) is 92.5 cm³/mol. The summed E-state index contributed by atoms with van der Waals surface area (Å²) in [6.45, 7) is 14.7. The number of allylic oxidation sites excluding steroid dienone is 3. The summed E-state index contributed by atoms with van der Waals surface area (Å²) in [5.41, 5.74) is 0.569. The zero-order chi connectivity index (χ0) is 16.8. The first-order valence-electron chi connectivity index (χ1n) is 8.75. The van der Waals surface area contributed by atoms with E-state index in [1.54, 1.807) is 0 Å². The fourth-order valence-corrected chi connectivity index (χ4v) is 5.43. The highest BCUT2D eigenvalue weighted by Gasteiger charge is 2.59. The van der Waals surface area contributed by atoms with Crippen molar-refractivity contribution in [2.75, 3.05) is 0 Å². The molecule has 22 heavy (non-hydrogen) atoms. The minimum atomic E-state index is -0.623. The molecule has 0 aromatic rings. The van der Waals surface area contributed by atoms with Crippen LogP contribution in [0.1, 0.15) is 66.7 Å². The third kappa shape index (κ3) is 2.80. The molecule has 2 aliphatic rings. The van der Waals surface area contributed by atoms with Crippen molar-refractivity contribution in [3.05, 3.63) is 24.3 Å². The van der Waals surface area contributed by atoms with Crippen molar-refractivity contribution in [3.8, 4) is 0 Å². The van der Waals surface area contributed by atoms with Gasteiger partial charge in [-0.15, -0.1) is 0 Å². The first-order chi connectivity index (χ1) is 10.1. The molecule has 2 fully saturated rings. The van der Waals surface area contributed by atoms with Crippen molar-refractivity contribution in [1.82, 2.24) is 0 Å². The molecule has 0 aliphatic heterocycles. The molecule has 2 heteroatoms. The average Bonchev–Trinajstić information content (AvgIpc) is 2.41. The van der Waals surface area contributed by atoms with Crippen molar-refractivity contribution in [2.24, 2.45) is 22.7 Å². The van der Waals surface area contributed by atoms with Crippen molar-refractivity contribution in [3.63, 3.8) is 0 Å². The van der Waals surface area contributed by atoms with Gasteiger partial charge >= 0.3 is 0 Å². The highest BCUT2D eigenvalue weighted by molar-refractivity contribution is 5.16. The second kappa shape index (κ2) is 5.79. The number of aliphatic hydroxyl groups is 2. The lowest BCUT2D eigenvalue weighted by molar-refractivity contribution is -0.193. The van der Waals surface area contributed by atoms with Gasteiger partial charge in [-0.2, -0.15) is 0 Å². The summed E-state index contributed by atoms with van der Waals surface area (Å²) in [7, 11) is 0. The van der Waals surface area contributed by atoms with Gasteiger partial charge in [0.1, 0.15) is 0 Å². The van der Waals surface area contributed by atoms with Crippen LogP contribution in [-0.2, 0) is 0 Å². The van der Waals surface area contributed by atoms with Crippen LogP contribution in [0.15, 0.2) is 24.3 Å². The summed E-state index contributed by atoms with van der Waals surface area (Å²) in [5, 5.41) is 21.5. The molecule has 0 amide bonds. The number of hydrogen-bond donors (Lipinski definition) is 2. The molecule has 2 nitrogen and oxygen atoms in total. The normalized spacial score (nSPS) is 45.2. The molecule has 2 saturated carbocycles. The van der Waals surface area contributed by atoms with Crippen LogP contribution in [-0.4, -0.2) is 21.9 Å². The van der Waals surface area contributed by atoms with Crippen LogP contribution in [0.5, 0.6) is 0 Å². The van der Waals surface area contributed by atoms with E-state index in [0.717, 1.165) is 32.1 Å². The monoisotopic (exact) mass is 306 g/mol. The topological polar surface area (TPSA) is 40.5 Å². The lowest BCUT2D eigenvalue weighted by Crippen LogP contribution is -2.60. The number of aliphatic hydroxyl groups excluding tert-OH is 1. The van der Waals surface area contributed by atoms with E-state index in [1.165, 1.54) is 5.57 Å². The Balaban J connectivity index is 2.37. The largest absolute Gasteiger partial charge is 0.393 e. The fraction of sp³-hybridized carbons (Fsp3) is 0.800. The first-order valence-corrected chi connectivity index (χ1v) is 8.75. The van der Waals surface area contributed by atoms with E-state index in [-0.39, 0.29) is 22.9 Å². The zero-order valence-corrected chi connectivity index (χ0v) is 15.0. The van der Waals surface area contributed by atoms with E-state index < -0.39 is 5.60 Å². The molecule has 0 aromatic heterocycles. The van der Waals surface area contributed by atoms with Crippen molar-refractivity contribution in [1.29, 1.82) is 0 Å². The summed E-state index contributed by atoms with van der Waals surface area (Å²) in [4.78, 5) is 0. The van der Waals surface area contributed by atoms with Gasteiger partial charge in [-0.3, -0.25) is 0 Å².